The van der Waals surface area contributed by atoms with Gasteiger partial charge in [0.25, 0.3) is 0 Å². The number of carboxylic acid groups (broad SMARTS) is 1. The van der Waals surface area contributed by atoms with Crippen molar-refractivity contribution in [2.75, 3.05) is 0 Å². The van der Waals surface area contributed by atoms with Crippen LogP contribution in [0.2, 0.25) is 0 Å². The first-order valence-electron chi connectivity index (χ1n) is 9.24. The van der Waals surface area contributed by atoms with Gasteiger partial charge in [-0.3, -0.25) is 4.79 Å². The number of carbonyl (C=O) groups is 1. The third-order valence-electron chi connectivity index (χ3n) is 4.97. The van der Waals surface area contributed by atoms with Crippen LogP contribution in [-0.2, 0) is 11.2 Å². The van der Waals surface area contributed by atoms with Gasteiger partial charge < -0.3 is 5.11 Å². The van der Waals surface area contributed by atoms with Crippen molar-refractivity contribution in [3.63, 3.8) is 0 Å². The van der Waals surface area contributed by atoms with E-state index in [1.807, 2.05) is 0 Å². The summed E-state index contributed by atoms with van der Waals surface area (Å²) in [4.78, 5) is 11.4. The summed E-state index contributed by atoms with van der Waals surface area (Å²) in [6.07, 6.45) is 0.0824. The Bertz CT molecular complexity index is 922. The molecule has 3 aromatic carbocycles. The molecular weight excluding hydrogens is 320 g/mol. The minimum atomic E-state index is -0.771. The number of fused-ring (bicyclic) bond motifs is 1. The van der Waals surface area contributed by atoms with Crippen molar-refractivity contribution in [1.29, 1.82) is 0 Å². The molecule has 3 rings (SSSR count). The molecule has 134 valence electrons. The highest BCUT2D eigenvalue weighted by Crippen LogP contribution is 2.34. The van der Waals surface area contributed by atoms with Gasteiger partial charge in [-0.25, -0.2) is 0 Å². The molecule has 3 aromatic rings. The standard InChI is InChI=1S/C24H26O2/c1-15(2)21-12-20(13-22(16(3)4)23(21)14-24(25)26)19-10-9-17-7-5-6-8-18(17)11-19/h5-13,15-16H,14H2,1-4H3,(H,25,26). The average molecular weight is 346 g/mol. The van der Waals surface area contributed by atoms with Crippen LogP contribution in [0.25, 0.3) is 21.9 Å². The highest BCUT2D eigenvalue weighted by Gasteiger charge is 2.18. The molecule has 0 bridgehead atoms. The molecule has 0 aliphatic carbocycles. The predicted octanol–water partition coefficient (Wildman–Crippen LogP) is 6.38. The fourth-order valence-electron chi connectivity index (χ4n) is 3.64. The van der Waals surface area contributed by atoms with Gasteiger partial charge in [-0.05, 0) is 56.5 Å². The third-order valence-corrected chi connectivity index (χ3v) is 4.97. The van der Waals surface area contributed by atoms with Crippen LogP contribution in [0.4, 0.5) is 0 Å². The molecule has 0 fully saturated rings. The van der Waals surface area contributed by atoms with Crippen LogP contribution in [0.1, 0.15) is 56.2 Å². The minimum Gasteiger partial charge on any atom is -0.481 e. The zero-order valence-corrected chi connectivity index (χ0v) is 15.9. The van der Waals surface area contributed by atoms with E-state index < -0.39 is 5.97 Å². The van der Waals surface area contributed by atoms with E-state index in [0.29, 0.717) is 0 Å². The third kappa shape index (κ3) is 3.65. The molecule has 0 aromatic heterocycles. The van der Waals surface area contributed by atoms with E-state index >= 15 is 0 Å². The van der Waals surface area contributed by atoms with Gasteiger partial charge in [0, 0.05) is 0 Å². The van der Waals surface area contributed by atoms with Crippen LogP contribution in [0.15, 0.2) is 54.6 Å². The molecule has 2 heteroatoms. The lowest BCUT2D eigenvalue weighted by molar-refractivity contribution is -0.136. The molecule has 0 aliphatic rings. The fourth-order valence-corrected chi connectivity index (χ4v) is 3.64. The molecule has 1 N–H and O–H groups in total. The summed E-state index contributed by atoms with van der Waals surface area (Å²) in [7, 11) is 0. The molecule has 2 nitrogen and oxygen atoms in total. The normalized spacial score (nSPS) is 11.5. The Labute approximate surface area is 155 Å². The van der Waals surface area contributed by atoms with Gasteiger partial charge in [-0.15, -0.1) is 0 Å². The maximum absolute atomic E-state index is 11.4. The fraction of sp³-hybridized carbons (Fsp3) is 0.292. The molecule has 0 heterocycles. The van der Waals surface area contributed by atoms with Crippen molar-refractivity contribution >= 4 is 16.7 Å². The van der Waals surface area contributed by atoms with Crippen LogP contribution in [0, 0.1) is 0 Å². The van der Waals surface area contributed by atoms with E-state index in [9.17, 15) is 9.90 Å². The molecule has 0 radical (unpaired) electrons. The average Bonchev–Trinajstić information content (AvgIpc) is 2.60. The first kappa shape index (κ1) is 18.2. The van der Waals surface area contributed by atoms with Crippen LogP contribution in [0.3, 0.4) is 0 Å². The summed E-state index contributed by atoms with van der Waals surface area (Å²) in [5.41, 5.74) is 5.60. The SMILES string of the molecule is CC(C)c1cc(-c2ccc3ccccc3c2)cc(C(C)C)c1CC(=O)O. The Kier molecular flexibility index (Phi) is 5.13. The molecular formula is C24H26O2. The number of carboxylic acids is 1. The van der Waals surface area contributed by atoms with Gasteiger partial charge in [0.15, 0.2) is 0 Å². The molecule has 0 saturated carbocycles. The lowest BCUT2D eigenvalue weighted by Gasteiger charge is -2.21. The van der Waals surface area contributed by atoms with Crippen LogP contribution < -0.4 is 0 Å². The second-order valence-corrected chi connectivity index (χ2v) is 7.58. The van der Waals surface area contributed by atoms with Gasteiger partial charge in [0.05, 0.1) is 6.42 Å². The Morgan fingerprint density at radius 1 is 0.808 bits per heavy atom. The van der Waals surface area contributed by atoms with E-state index in [2.05, 4.69) is 82.3 Å². The Hall–Kier alpha value is -2.61. The second-order valence-electron chi connectivity index (χ2n) is 7.58. The summed E-state index contributed by atoms with van der Waals surface area (Å²) in [6.45, 7) is 8.54. The van der Waals surface area contributed by atoms with Crippen molar-refractivity contribution in [3.8, 4) is 11.1 Å². The van der Waals surface area contributed by atoms with Crippen LogP contribution in [-0.4, -0.2) is 11.1 Å². The highest BCUT2D eigenvalue weighted by molar-refractivity contribution is 5.87. The van der Waals surface area contributed by atoms with Crippen LogP contribution in [0.5, 0.6) is 0 Å². The first-order valence-corrected chi connectivity index (χ1v) is 9.24. The van der Waals surface area contributed by atoms with E-state index in [0.717, 1.165) is 22.3 Å². The van der Waals surface area contributed by atoms with Crippen molar-refractivity contribution in [2.24, 2.45) is 0 Å². The number of hydrogen-bond acceptors (Lipinski definition) is 1. The largest absolute Gasteiger partial charge is 0.481 e. The zero-order chi connectivity index (χ0) is 18.8. The summed E-state index contributed by atoms with van der Waals surface area (Å²) in [5, 5.41) is 11.8. The summed E-state index contributed by atoms with van der Waals surface area (Å²) in [6, 6.07) is 19.2. The molecule has 0 aliphatic heterocycles. The first-order chi connectivity index (χ1) is 12.4. The van der Waals surface area contributed by atoms with E-state index in [1.54, 1.807) is 0 Å². The predicted molar refractivity (Wildman–Crippen MR) is 109 cm³/mol. The topological polar surface area (TPSA) is 37.3 Å². The van der Waals surface area contributed by atoms with Crippen molar-refractivity contribution in [1.82, 2.24) is 0 Å². The maximum Gasteiger partial charge on any atom is 0.307 e. The molecule has 0 atom stereocenters. The minimum absolute atomic E-state index is 0.0824. The zero-order valence-electron chi connectivity index (χ0n) is 15.9. The van der Waals surface area contributed by atoms with Gasteiger partial charge in [0.2, 0.25) is 0 Å². The number of rotatable bonds is 5. The second kappa shape index (κ2) is 7.33. The lowest BCUT2D eigenvalue weighted by Crippen LogP contribution is -2.10. The quantitative estimate of drug-likeness (QED) is 0.582. The Morgan fingerprint density at radius 2 is 1.38 bits per heavy atom. The molecule has 26 heavy (non-hydrogen) atoms. The van der Waals surface area contributed by atoms with Crippen molar-refractivity contribution < 1.29 is 9.90 Å². The highest BCUT2D eigenvalue weighted by atomic mass is 16.4. The van der Waals surface area contributed by atoms with E-state index in [1.165, 1.54) is 16.3 Å². The number of hydrogen-bond donors (Lipinski definition) is 1. The van der Waals surface area contributed by atoms with Crippen LogP contribution >= 0.6 is 0 Å². The number of aliphatic carboxylic acids is 1. The summed E-state index contributed by atoms with van der Waals surface area (Å²) < 4.78 is 0. The van der Waals surface area contributed by atoms with E-state index in [-0.39, 0.29) is 18.3 Å². The van der Waals surface area contributed by atoms with Crippen molar-refractivity contribution in [2.45, 2.75) is 46.0 Å². The maximum atomic E-state index is 11.4. The Morgan fingerprint density at radius 3 is 1.92 bits per heavy atom. The molecule has 0 unspecified atom stereocenters. The van der Waals surface area contributed by atoms with Gasteiger partial charge in [-0.1, -0.05) is 76.2 Å². The number of benzene rings is 3. The molecule has 0 spiro atoms. The summed E-state index contributed by atoms with van der Waals surface area (Å²) >= 11 is 0. The molecule has 0 amide bonds. The van der Waals surface area contributed by atoms with Gasteiger partial charge in [-0.2, -0.15) is 0 Å². The summed E-state index contributed by atoms with van der Waals surface area (Å²) in [5.74, 6) is -0.211. The van der Waals surface area contributed by atoms with Gasteiger partial charge in [0.1, 0.15) is 0 Å². The monoisotopic (exact) mass is 346 g/mol. The lowest BCUT2D eigenvalue weighted by atomic mass is 9.84. The van der Waals surface area contributed by atoms with Crippen molar-refractivity contribution in [3.05, 3.63) is 71.3 Å². The smallest absolute Gasteiger partial charge is 0.307 e. The van der Waals surface area contributed by atoms with Gasteiger partial charge >= 0.3 is 5.97 Å². The molecule has 0 saturated heterocycles. The Balaban J connectivity index is 2.21. The van der Waals surface area contributed by atoms with E-state index in [4.69, 9.17) is 0 Å².